The van der Waals surface area contributed by atoms with Gasteiger partial charge in [0.25, 0.3) is 11.8 Å². The average Bonchev–Trinajstić information content (AvgIpc) is 2.77. The normalized spacial score (nSPS) is 12.9. The number of hydrogen-bond acceptors (Lipinski definition) is 5. The van der Waals surface area contributed by atoms with Gasteiger partial charge in [-0.25, -0.2) is 0 Å². The largest absolute Gasteiger partial charge is 0.493 e. The van der Waals surface area contributed by atoms with Gasteiger partial charge in [0.15, 0.2) is 11.5 Å². The summed E-state index contributed by atoms with van der Waals surface area (Å²) in [5, 5.41) is 2.77. The number of nitrogens with one attached hydrogen (secondary N) is 1. The first-order valence-electron chi connectivity index (χ1n) is 9.47. The molecule has 0 atom stereocenters. The summed E-state index contributed by atoms with van der Waals surface area (Å²) in [7, 11) is 4.79. The Morgan fingerprint density at radius 3 is 2.38 bits per heavy atom. The molecule has 154 valence electrons. The fourth-order valence-corrected chi connectivity index (χ4v) is 3.40. The maximum absolute atomic E-state index is 13.0. The zero-order valence-electron chi connectivity index (χ0n) is 17.0. The molecule has 2 aromatic carbocycles. The van der Waals surface area contributed by atoms with Gasteiger partial charge in [0, 0.05) is 37.9 Å². The Morgan fingerprint density at radius 2 is 1.69 bits per heavy atom. The molecule has 1 N–H and O–H groups in total. The van der Waals surface area contributed by atoms with Crippen LogP contribution in [0.15, 0.2) is 36.4 Å². The average molecular weight is 398 g/mol. The third-order valence-corrected chi connectivity index (χ3v) is 4.97. The third-order valence-electron chi connectivity index (χ3n) is 4.97. The van der Waals surface area contributed by atoms with E-state index in [1.165, 1.54) is 0 Å². The van der Waals surface area contributed by atoms with Crippen LogP contribution in [0.2, 0.25) is 0 Å². The third kappa shape index (κ3) is 4.68. The summed E-state index contributed by atoms with van der Waals surface area (Å²) in [6, 6.07) is 10.7. The predicted molar refractivity (Wildman–Crippen MR) is 109 cm³/mol. The van der Waals surface area contributed by atoms with Gasteiger partial charge in [-0.2, -0.15) is 0 Å². The minimum Gasteiger partial charge on any atom is -0.493 e. The Balaban J connectivity index is 1.75. The summed E-state index contributed by atoms with van der Waals surface area (Å²) >= 11 is 0. The molecule has 7 nitrogen and oxygen atoms in total. The van der Waals surface area contributed by atoms with Gasteiger partial charge in [-0.05, 0) is 47.9 Å². The van der Waals surface area contributed by atoms with Crippen molar-refractivity contribution in [2.24, 2.45) is 0 Å². The minimum atomic E-state index is -0.225. The molecule has 0 unspecified atom stereocenters. The van der Waals surface area contributed by atoms with Crippen LogP contribution >= 0.6 is 0 Å². The Kier molecular flexibility index (Phi) is 6.72. The molecule has 0 bridgehead atoms. The molecule has 0 fully saturated rings. The first kappa shape index (κ1) is 20.7. The molecule has 0 aromatic heterocycles. The van der Waals surface area contributed by atoms with Crippen molar-refractivity contribution in [3.05, 3.63) is 58.7 Å². The predicted octanol–water partition coefficient (Wildman–Crippen LogP) is 2.28. The van der Waals surface area contributed by atoms with E-state index in [0.29, 0.717) is 48.9 Å². The maximum Gasteiger partial charge on any atom is 0.254 e. The number of nitrogens with zero attached hydrogens (tertiary/aromatic N) is 1. The van der Waals surface area contributed by atoms with Crippen LogP contribution in [0.25, 0.3) is 0 Å². The molecule has 0 saturated heterocycles. The van der Waals surface area contributed by atoms with Crippen LogP contribution in [0, 0.1) is 0 Å². The fraction of sp³-hybridized carbons (Fsp3) is 0.364. The molecule has 0 aliphatic carbocycles. The molecular formula is C22H26N2O5. The first-order valence-corrected chi connectivity index (χ1v) is 9.47. The van der Waals surface area contributed by atoms with Gasteiger partial charge in [-0.15, -0.1) is 0 Å². The van der Waals surface area contributed by atoms with E-state index in [9.17, 15) is 9.59 Å². The van der Waals surface area contributed by atoms with E-state index in [2.05, 4.69) is 5.32 Å². The van der Waals surface area contributed by atoms with Gasteiger partial charge in [-0.3, -0.25) is 9.59 Å². The number of carbonyl (C=O) groups excluding carboxylic acids is 2. The number of rotatable bonds is 7. The van der Waals surface area contributed by atoms with Gasteiger partial charge in [0.1, 0.15) is 0 Å². The van der Waals surface area contributed by atoms with Crippen molar-refractivity contribution in [2.75, 3.05) is 41.0 Å². The van der Waals surface area contributed by atoms with E-state index < -0.39 is 0 Å². The molecule has 0 radical (unpaired) electrons. The van der Waals surface area contributed by atoms with Crippen molar-refractivity contribution in [2.45, 2.75) is 13.0 Å². The van der Waals surface area contributed by atoms with Gasteiger partial charge in [0.2, 0.25) is 0 Å². The summed E-state index contributed by atoms with van der Waals surface area (Å²) in [4.78, 5) is 27.1. The van der Waals surface area contributed by atoms with Crippen molar-refractivity contribution in [1.29, 1.82) is 0 Å². The summed E-state index contributed by atoms with van der Waals surface area (Å²) in [6.07, 6.45) is 0.735. The van der Waals surface area contributed by atoms with E-state index >= 15 is 0 Å². The highest BCUT2D eigenvalue weighted by molar-refractivity contribution is 5.99. The molecule has 2 amide bonds. The topological polar surface area (TPSA) is 77.1 Å². The number of hydrogen-bond donors (Lipinski definition) is 1. The second kappa shape index (κ2) is 9.43. The second-order valence-electron chi connectivity index (χ2n) is 6.78. The quantitative estimate of drug-likeness (QED) is 0.724. The van der Waals surface area contributed by atoms with Crippen molar-refractivity contribution >= 4 is 11.8 Å². The lowest BCUT2D eigenvalue weighted by Crippen LogP contribution is -2.36. The van der Waals surface area contributed by atoms with Gasteiger partial charge < -0.3 is 24.4 Å². The number of benzene rings is 2. The number of ether oxygens (including phenoxy) is 3. The standard InChI is InChI=1S/C22H26N2O5/c1-27-10-8-23-21(25)16-5-4-6-17(11-16)22(26)24-9-7-15-12-19(28-2)20(29-3)13-18(15)14-24/h4-6,11-13H,7-10,14H2,1-3H3,(H,23,25). The van der Waals surface area contributed by atoms with E-state index in [1.54, 1.807) is 50.5 Å². The highest BCUT2D eigenvalue weighted by Gasteiger charge is 2.24. The minimum absolute atomic E-state index is 0.100. The van der Waals surface area contributed by atoms with E-state index in [1.807, 2.05) is 12.1 Å². The first-order chi connectivity index (χ1) is 14.1. The molecule has 0 saturated carbocycles. The van der Waals surface area contributed by atoms with Gasteiger partial charge >= 0.3 is 0 Å². The van der Waals surface area contributed by atoms with Crippen molar-refractivity contribution < 1.29 is 23.8 Å². The monoisotopic (exact) mass is 398 g/mol. The number of carbonyl (C=O) groups is 2. The molecule has 1 aliphatic heterocycles. The highest BCUT2D eigenvalue weighted by atomic mass is 16.5. The molecule has 7 heteroatoms. The van der Waals surface area contributed by atoms with Crippen LogP contribution in [-0.2, 0) is 17.7 Å². The molecular weight excluding hydrogens is 372 g/mol. The molecule has 3 rings (SSSR count). The van der Waals surface area contributed by atoms with Crippen LogP contribution < -0.4 is 14.8 Å². The van der Waals surface area contributed by atoms with Crippen LogP contribution in [0.5, 0.6) is 11.5 Å². The van der Waals surface area contributed by atoms with Crippen LogP contribution in [0.1, 0.15) is 31.8 Å². The van der Waals surface area contributed by atoms with Crippen LogP contribution in [-0.4, -0.2) is 57.7 Å². The Morgan fingerprint density at radius 1 is 1.00 bits per heavy atom. The highest BCUT2D eigenvalue weighted by Crippen LogP contribution is 2.33. The molecule has 2 aromatic rings. The second-order valence-corrected chi connectivity index (χ2v) is 6.78. The Bertz CT molecular complexity index is 897. The Labute approximate surface area is 170 Å². The molecule has 1 heterocycles. The summed E-state index contributed by atoms with van der Waals surface area (Å²) in [5.74, 6) is 1.02. The Hall–Kier alpha value is -3.06. The summed E-state index contributed by atoms with van der Waals surface area (Å²) in [5.41, 5.74) is 3.14. The maximum atomic E-state index is 13.0. The lowest BCUT2D eigenvalue weighted by Gasteiger charge is -2.29. The van der Waals surface area contributed by atoms with E-state index in [0.717, 1.165) is 17.5 Å². The number of amides is 2. The number of fused-ring (bicyclic) bond motifs is 1. The van der Waals surface area contributed by atoms with Crippen molar-refractivity contribution in [1.82, 2.24) is 10.2 Å². The smallest absolute Gasteiger partial charge is 0.254 e. The lowest BCUT2D eigenvalue weighted by atomic mass is 9.98. The molecule has 1 aliphatic rings. The van der Waals surface area contributed by atoms with Crippen LogP contribution in [0.3, 0.4) is 0 Å². The lowest BCUT2D eigenvalue weighted by molar-refractivity contribution is 0.0734. The summed E-state index contributed by atoms with van der Waals surface area (Å²) < 4.78 is 15.7. The van der Waals surface area contributed by atoms with Gasteiger partial charge in [-0.1, -0.05) is 6.07 Å². The van der Waals surface area contributed by atoms with E-state index in [4.69, 9.17) is 14.2 Å². The fourth-order valence-electron chi connectivity index (χ4n) is 3.40. The molecule has 0 spiro atoms. The van der Waals surface area contributed by atoms with Crippen LogP contribution in [0.4, 0.5) is 0 Å². The summed E-state index contributed by atoms with van der Waals surface area (Å²) in [6.45, 7) is 1.94. The SMILES string of the molecule is COCCNC(=O)c1cccc(C(=O)N2CCc3cc(OC)c(OC)cc3C2)c1. The zero-order valence-corrected chi connectivity index (χ0v) is 17.0. The van der Waals surface area contributed by atoms with Crippen molar-refractivity contribution in [3.63, 3.8) is 0 Å². The zero-order chi connectivity index (χ0) is 20.8. The molecule has 29 heavy (non-hydrogen) atoms. The van der Waals surface area contributed by atoms with E-state index in [-0.39, 0.29) is 11.8 Å². The van der Waals surface area contributed by atoms with Crippen molar-refractivity contribution in [3.8, 4) is 11.5 Å². The number of methoxy groups -OCH3 is 3. The van der Waals surface area contributed by atoms with Gasteiger partial charge in [0.05, 0.1) is 20.8 Å².